The zero-order chi connectivity index (χ0) is 12.9. The Labute approximate surface area is 101 Å². The fourth-order valence-corrected chi connectivity index (χ4v) is 2.10. The summed E-state index contributed by atoms with van der Waals surface area (Å²) in [4.78, 5) is 0. The van der Waals surface area contributed by atoms with Gasteiger partial charge in [0.2, 0.25) is 10.0 Å². The van der Waals surface area contributed by atoms with Crippen LogP contribution in [0.15, 0.2) is 24.3 Å². The van der Waals surface area contributed by atoms with E-state index in [-0.39, 0.29) is 29.9 Å². The maximum atomic E-state index is 11.6. The second-order valence-electron chi connectivity index (χ2n) is 3.86. The molecule has 6 heteroatoms. The van der Waals surface area contributed by atoms with Gasteiger partial charge >= 0.3 is 0 Å². The Morgan fingerprint density at radius 3 is 2.59 bits per heavy atom. The van der Waals surface area contributed by atoms with Gasteiger partial charge in [-0.05, 0) is 26.0 Å². The molecule has 0 saturated carbocycles. The molecule has 0 spiro atoms. The summed E-state index contributed by atoms with van der Waals surface area (Å²) in [5.41, 5.74) is 0.178. The van der Waals surface area contributed by atoms with Gasteiger partial charge in [-0.1, -0.05) is 12.1 Å². The van der Waals surface area contributed by atoms with Gasteiger partial charge in [0.25, 0.3) is 0 Å². The number of hydrogen-bond acceptors (Lipinski definition) is 4. The molecule has 2 N–H and O–H groups in total. The zero-order valence-electron chi connectivity index (χ0n) is 9.88. The highest BCUT2D eigenvalue weighted by Crippen LogP contribution is 2.22. The van der Waals surface area contributed by atoms with Crippen molar-refractivity contribution >= 4 is 15.7 Å². The quantitative estimate of drug-likeness (QED) is 0.760. The fraction of sp³-hybridized carbons (Fsp3) is 0.455. The number of phenols is 1. The lowest BCUT2D eigenvalue weighted by Gasteiger charge is -2.10. The molecular weight excluding hydrogens is 242 g/mol. The highest BCUT2D eigenvalue weighted by molar-refractivity contribution is 7.92. The number of sulfonamides is 1. The molecule has 0 bridgehead atoms. The third-order valence-corrected chi connectivity index (χ3v) is 3.21. The van der Waals surface area contributed by atoms with E-state index in [1.807, 2.05) is 13.8 Å². The van der Waals surface area contributed by atoms with E-state index in [1.165, 1.54) is 12.1 Å². The Bertz CT molecular complexity index is 456. The van der Waals surface area contributed by atoms with Gasteiger partial charge < -0.3 is 9.84 Å². The van der Waals surface area contributed by atoms with Gasteiger partial charge in [-0.15, -0.1) is 0 Å². The average molecular weight is 259 g/mol. The summed E-state index contributed by atoms with van der Waals surface area (Å²) in [6, 6.07) is 6.18. The van der Waals surface area contributed by atoms with Crippen molar-refractivity contribution in [3.63, 3.8) is 0 Å². The normalized spacial score (nSPS) is 11.7. The van der Waals surface area contributed by atoms with Crippen LogP contribution in [0.4, 0.5) is 5.69 Å². The van der Waals surface area contributed by atoms with E-state index in [9.17, 15) is 13.5 Å². The van der Waals surface area contributed by atoms with Crippen molar-refractivity contribution in [2.75, 3.05) is 17.1 Å². The Kier molecular flexibility index (Phi) is 4.77. The lowest BCUT2D eigenvalue weighted by molar-refractivity contribution is 0.0913. The number of phenolic OH excluding ortho intramolecular Hbond substituents is 1. The number of hydrogen-bond donors (Lipinski definition) is 2. The zero-order valence-corrected chi connectivity index (χ0v) is 10.7. The van der Waals surface area contributed by atoms with Crippen LogP contribution in [0.5, 0.6) is 5.75 Å². The minimum atomic E-state index is -3.49. The number of rotatable bonds is 6. The predicted molar refractivity (Wildman–Crippen MR) is 66.6 cm³/mol. The molecule has 96 valence electrons. The van der Waals surface area contributed by atoms with Crippen molar-refractivity contribution in [3.05, 3.63) is 24.3 Å². The molecule has 5 nitrogen and oxygen atoms in total. The van der Waals surface area contributed by atoms with Crippen LogP contribution < -0.4 is 4.72 Å². The first kappa shape index (κ1) is 13.8. The molecule has 0 aromatic heterocycles. The monoisotopic (exact) mass is 259 g/mol. The average Bonchev–Trinajstić information content (AvgIpc) is 2.20. The van der Waals surface area contributed by atoms with Crippen LogP contribution in [-0.2, 0) is 14.8 Å². The minimum absolute atomic E-state index is 0.00433. The Hall–Kier alpha value is -1.27. The molecule has 0 aliphatic heterocycles. The molecule has 0 aliphatic carbocycles. The first-order valence-electron chi connectivity index (χ1n) is 5.31. The number of anilines is 1. The molecule has 0 fully saturated rings. The fourth-order valence-electron chi connectivity index (χ4n) is 1.17. The van der Waals surface area contributed by atoms with Gasteiger partial charge in [-0.2, -0.15) is 0 Å². The molecule has 1 aromatic rings. The number of para-hydroxylation sites is 2. The predicted octanol–water partition coefficient (Wildman–Crippen LogP) is 1.56. The van der Waals surface area contributed by atoms with Crippen molar-refractivity contribution in [2.45, 2.75) is 20.0 Å². The Morgan fingerprint density at radius 2 is 2.00 bits per heavy atom. The number of benzene rings is 1. The standard InChI is InChI=1S/C11H17NO4S/c1-9(2)16-7-8-17(14,15)12-10-5-3-4-6-11(10)13/h3-6,9,12-13H,7-8H2,1-2H3. The highest BCUT2D eigenvalue weighted by atomic mass is 32.2. The molecule has 0 amide bonds. The SMILES string of the molecule is CC(C)OCCS(=O)(=O)Nc1ccccc1O. The number of ether oxygens (including phenoxy) is 1. The van der Waals surface area contributed by atoms with Gasteiger partial charge in [-0.3, -0.25) is 4.72 Å². The van der Waals surface area contributed by atoms with Crippen LogP contribution in [-0.4, -0.2) is 32.0 Å². The Morgan fingerprint density at radius 1 is 1.35 bits per heavy atom. The number of aromatic hydroxyl groups is 1. The summed E-state index contributed by atoms with van der Waals surface area (Å²) < 4.78 is 30.7. The largest absolute Gasteiger partial charge is 0.506 e. The molecule has 0 radical (unpaired) electrons. The van der Waals surface area contributed by atoms with Crippen molar-refractivity contribution in [3.8, 4) is 5.75 Å². The molecule has 0 heterocycles. The van der Waals surface area contributed by atoms with E-state index in [0.29, 0.717) is 0 Å². The summed E-state index contributed by atoms with van der Waals surface area (Å²) in [7, 11) is -3.49. The van der Waals surface area contributed by atoms with E-state index in [1.54, 1.807) is 12.1 Å². The van der Waals surface area contributed by atoms with Gasteiger partial charge in [0.05, 0.1) is 24.2 Å². The summed E-state index contributed by atoms with van der Waals surface area (Å²) in [5, 5.41) is 9.43. The van der Waals surface area contributed by atoms with Crippen molar-refractivity contribution < 1.29 is 18.3 Å². The van der Waals surface area contributed by atoms with E-state index in [2.05, 4.69) is 4.72 Å². The van der Waals surface area contributed by atoms with Crippen molar-refractivity contribution in [1.29, 1.82) is 0 Å². The van der Waals surface area contributed by atoms with Crippen LogP contribution in [0.2, 0.25) is 0 Å². The molecule has 0 aliphatic rings. The van der Waals surface area contributed by atoms with Gasteiger partial charge in [-0.25, -0.2) is 8.42 Å². The maximum Gasteiger partial charge on any atom is 0.235 e. The molecule has 0 saturated heterocycles. The second-order valence-corrected chi connectivity index (χ2v) is 5.70. The highest BCUT2D eigenvalue weighted by Gasteiger charge is 2.12. The molecule has 0 atom stereocenters. The summed E-state index contributed by atoms with van der Waals surface area (Å²) in [6.07, 6.45) is -0.00433. The lowest BCUT2D eigenvalue weighted by Crippen LogP contribution is -2.21. The van der Waals surface area contributed by atoms with Crippen LogP contribution in [0.1, 0.15) is 13.8 Å². The summed E-state index contributed by atoms with van der Waals surface area (Å²) in [6.45, 7) is 3.80. The minimum Gasteiger partial charge on any atom is -0.506 e. The maximum absolute atomic E-state index is 11.6. The first-order valence-corrected chi connectivity index (χ1v) is 6.96. The van der Waals surface area contributed by atoms with Gasteiger partial charge in [0, 0.05) is 0 Å². The van der Waals surface area contributed by atoms with Gasteiger partial charge in [0.15, 0.2) is 0 Å². The molecule has 0 unspecified atom stereocenters. The number of nitrogens with one attached hydrogen (secondary N) is 1. The lowest BCUT2D eigenvalue weighted by atomic mass is 10.3. The summed E-state index contributed by atoms with van der Waals surface area (Å²) >= 11 is 0. The van der Waals surface area contributed by atoms with Crippen LogP contribution in [0, 0.1) is 0 Å². The van der Waals surface area contributed by atoms with Gasteiger partial charge in [0.1, 0.15) is 5.75 Å². The first-order chi connectivity index (χ1) is 7.91. The third-order valence-electron chi connectivity index (χ3n) is 1.97. The molecule has 1 rings (SSSR count). The Balaban J connectivity index is 2.58. The van der Waals surface area contributed by atoms with E-state index < -0.39 is 10.0 Å². The van der Waals surface area contributed by atoms with Crippen LogP contribution in [0.3, 0.4) is 0 Å². The third kappa shape index (κ3) is 5.06. The summed E-state index contributed by atoms with van der Waals surface area (Å²) in [5.74, 6) is -0.236. The topological polar surface area (TPSA) is 75.6 Å². The van der Waals surface area contributed by atoms with E-state index >= 15 is 0 Å². The van der Waals surface area contributed by atoms with E-state index in [4.69, 9.17) is 4.74 Å². The van der Waals surface area contributed by atoms with E-state index in [0.717, 1.165) is 0 Å². The molecule has 17 heavy (non-hydrogen) atoms. The van der Waals surface area contributed by atoms with Crippen molar-refractivity contribution in [2.24, 2.45) is 0 Å². The van der Waals surface area contributed by atoms with Crippen LogP contribution >= 0.6 is 0 Å². The molecule has 1 aromatic carbocycles. The van der Waals surface area contributed by atoms with Crippen LogP contribution in [0.25, 0.3) is 0 Å². The second kappa shape index (κ2) is 5.88. The molecular formula is C11H17NO4S. The van der Waals surface area contributed by atoms with Crippen molar-refractivity contribution in [1.82, 2.24) is 0 Å². The smallest absolute Gasteiger partial charge is 0.235 e.